The number of nitrogens with zero attached hydrogens (tertiary/aromatic N) is 1. The number of hydrogen-bond acceptors (Lipinski definition) is 0. The summed E-state index contributed by atoms with van der Waals surface area (Å²) >= 11 is 0. The van der Waals surface area contributed by atoms with Gasteiger partial charge in [-0.05, 0) is 6.92 Å². The molecule has 0 bridgehead atoms. The van der Waals surface area contributed by atoms with Gasteiger partial charge in [0.1, 0.15) is 0 Å². The molecule has 0 rings (SSSR count). The van der Waals surface area contributed by atoms with Crippen molar-refractivity contribution >= 4 is 12.2 Å². The number of rotatable bonds is 5. The Kier molecular flexibility index (Phi) is 7.29. The summed E-state index contributed by atoms with van der Waals surface area (Å²) < 4.78 is 4.14. The van der Waals surface area contributed by atoms with Crippen LogP contribution in [0.25, 0.3) is 0 Å². The van der Waals surface area contributed by atoms with Gasteiger partial charge >= 0.3 is 0 Å². The Morgan fingerprint density at radius 2 is 2.29 bits per heavy atom. The summed E-state index contributed by atoms with van der Waals surface area (Å²) in [7, 11) is 1.84. The molecule has 14 heavy (non-hydrogen) atoms. The van der Waals surface area contributed by atoms with Crippen molar-refractivity contribution in [2.75, 3.05) is 7.05 Å². The molecule has 0 saturated carbocycles. The fourth-order valence-corrected chi connectivity index (χ4v) is 0.809. The first-order valence-corrected chi connectivity index (χ1v) is 4.78. The number of amidine groups is 1. The van der Waals surface area contributed by atoms with E-state index >= 15 is 0 Å². The molecule has 0 fully saturated rings. The Morgan fingerprint density at radius 3 is 2.79 bits per heavy atom. The van der Waals surface area contributed by atoms with Crippen molar-refractivity contribution in [3.8, 4) is 0 Å². The molecule has 0 aliphatic rings. The summed E-state index contributed by atoms with van der Waals surface area (Å²) in [5.41, 5.74) is 0. The Hall–Kier alpha value is -1.47. The maximum Gasteiger partial charge on any atom is 0.280 e. The second-order valence-corrected chi connectivity index (χ2v) is 2.91. The van der Waals surface area contributed by atoms with Crippen LogP contribution in [0.4, 0.5) is 0 Å². The van der Waals surface area contributed by atoms with Gasteiger partial charge in [-0.15, -0.1) is 0 Å². The van der Waals surface area contributed by atoms with Crippen LogP contribution >= 0.6 is 0 Å². The topological polar surface area (TPSA) is 38.2 Å². The normalized spacial score (nSPS) is 11.6. The zero-order chi connectivity index (χ0) is 10.8. The number of nitrogens with one attached hydrogen (secondary N) is 2. The molecule has 1 atom stereocenters. The van der Waals surface area contributed by atoms with Crippen molar-refractivity contribution in [2.24, 2.45) is 0 Å². The average Bonchev–Trinajstić information content (AvgIpc) is 2.22. The van der Waals surface area contributed by atoms with E-state index < -0.39 is 0 Å². The summed E-state index contributed by atoms with van der Waals surface area (Å²) in [5, 5.41) is 6.09. The van der Waals surface area contributed by atoms with Gasteiger partial charge in [0.25, 0.3) is 12.2 Å². The highest BCUT2D eigenvalue weighted by atomic mass is 15.0. The van der Waals surface area contributed by atoms with Crippen molar-refractivity contribution < 1.29 is 0 Å². The minimum atomic E-state index is 0.250. The number of hydrogen-bond donors (Lipinski definition) is 2. The van der Waals surface area contributed by atoms with Gasteiger partial charge in [0, 0.05) is 13.3 Å². The molecule has 0 radical (unpaired) electrons. The molecule has 0 heterocycles. The molecule has 1 unspecified atom stereocenters. The largest absolute Gasteiger partial charge is 0.299 e. The van der Waals surface area contributed by atoms with E-state index in [1.54, 1.807) is 6.34 Å². The molecular weight excluding hydrogens is 174 g/mol. The van der Waals surface area contributed by atoms with Gasteiger partial charge in [-0.2, -0.15) is 0 Å². The SMILES string of the molecule is C=CC(C/C=C\C)NC=[N+]=C(C)NC. The summed E-state index contributed by atoms with van der Waals surface area (Å²) in [6.45, 7) is 7.67. The highest BCUT2D eigenvalue weighted by Gasteiger charge is 2.00. The lowest BCUT2D eigenvalue weighted by atomic mass is 10.2. The Morgan fingerprint density at radius 1 is 1.57 bits per heavy atom. The predicted molar refractivity (Wildman–Crippen MR) is 64.5 cm³/mol. The molecule has 78 valence electrons. The summed E-state index contributed by atoms with van der Waals surface area (Å²) in [5.74, 6) is 0.881. The van der Waals surface area contributed by atoms with Gasteiger partial charge in [-0.1, -0.05) is 24.8 Å². The maximum atomic E-state index is 4.14. The number of allylic oxidation sites excluding steroid dienone is 1. The van der Waals surface area contributed by atoms with Crippen molar-refractivity contribution in [1.29, 1.82) is 0 Å². The van der Waals surface area contributed by atoms with E-state index in [4.69, 9.17) is 0 Å². The second-order valence-electron chi connectivity index (χ2n) is 2.91. The van der Waals surface area contributed by atoms with Crippen LogP contribution in [-0.2, 0) is 0 Å². The molecule has 0 saturated heterocycles. The molecule has 0 aliphatic heterocycles. The highest BCUT2D eigenvalue weighted by Crippen LogP contribution is 1.92. The van der Waals surface area contributed by atoms with Crippen LogP contribution in [0.15, 0.2) is 24.8 Å². The van der Waals surface area contributed by atoms with E-state index in [0.29, 0.717) is 0 Å². The Balaban J connectivity index is 4.07. The standard InChI is InChI=1S/C11H19N3/c1-5-7-8-11(6-2)14-9-13-10(3)12-4/h5-7,9,11H,2,8H2,1,3-4H3,(H,12,13,14)/p+1/b7-5-. The van der Waals surface area contributed by atoms with Crippen LogP contribution in [0.3, 0.4) is 0 Å². The zero-order valence-corrected chi connectivity index (χ0v) is 9.25. The van der Waals surface area contributed by atoms with Crippen LogP contribution in [0.5, 0.6) is 0 Å². The molecule has 0 amide bonds. The quantitative estimate of drug-likeness (QED) is 0.294. The van der Waals surface area contributed by atoms with Crippen molar-refractivity contribution in [2.45, 2.75) is 26.3 Å². The van der Waals surface area contributed by atoms with E-state index in [0.717, 1.165) is 12.3 Å². The molecule has 0 aromatic rings. The van der Waals surface area contributed by atoms with Gasteiger partial charge in [-0.3, -0.25) is 10.6 Å². The second kappa shape index (κ2) is 8.14. The summed E-state index contributed by atoms with van der Waals surface area (Å²) in [6, 6.07) is 0.250. The molecule has 3 nitrogen and oxygen atoms in total. The van der Waals surface area contributed by atoms with E-state index in [9.17, 15) is 0 Å². The minimum Gasteiger partial charge on any atom is -0.299 e. The van der Waals surface area contributed by atoms with E-state index in [1.165, 1.54) is 0 Å². The summed E-state index contributed by atoms with van der Waals surface area (Å²) in [6.07, 6.45) is 8.63. The smallest absolute Gasteiger partial charge is 0.280 e. The van der Waals surface area contributed by atoms with Crippen molar-refractivity contribution in [1.82, 2.24) is 15.3 Å². The van der Waals surface area contributed by atoms with E-state index in [2.05, 4.69) is 28.0 Å². The third-order valence-corrected chi connectivity index (χ3v) is 1.82. The first kappa shape index (κ1) is 12.5. The van der Waals surface area contributed by atoms with Gasteiger partial charge in [-0.25, -0.2) is 4.67 Å². The minimum absolute atomic E-state index is 0.250. The zero-order valence-electron chi connectivity index (χ0n) is 9.25. The van der Waals surface area contributed by atoms with Gasteiger partial charge in [0.05, 0.1) is 13.1 Å². The molecule has 3 heteroatoms. The molecule has 0 aliphatic carbocycles. The third kappa shape index (κ3) is 6.09. The predicted octanol–water partition coefficient (Wildman–Crippen LogP) is 0.830. The molecular formula is C11H20N3+. The molecule has 0 aromatic carbocycles. The first-order valence-electron chi connectivity index (χ1n) is 4.78. The van der Waals surface area contributed by atoms with Crippen molar-refractivity contribution in [3.63, 3.8) is 0 Å². The van der Waals surface area contributed by atoms with E-state index in [1.807, 2.05) is 33.0 Å². The van der Waals surface area contributed by atoms with Gasteiger partial charge in [0.15, 0.2) is 0 Å². The maximum absolute atomic E-state index is 4.14. The third-order valence-electron chi connectivity index (χ3n) is 1.82. The van der Waals surface area contributed by atoms with Gasteiger partial charge in [0.2, 0.25) is 0 Å². The van der Waals surface area contributed by atoms with Crippen molar-refractivity contribution in [3.05, 3.63) is 24.8 Å². The lowest BCUT2D eigenvalue weighted by molar-refractivity contribution is 0.750. The lowest BCUT2D eigenvalue weighted by Gasteiger charge is -2.03. The monoisotopic (exact) mass is 194 g/mol. The highest BCUT2D eigenvalue weighted by molar-refractivity contribution is 5.81. The fraction of sp³-hybridized carbons (Fsp3) is 0.455. The van der Waals surface area contributed by atoms with Crippen LogP contribution in [-0.4, -0.2) is 25.3 Å². The molecule has 0 spiro atoms. The van der Waals surface area contributed by atoms with Crippen LogP contribution in [0, 0.1) is 0 Å². The van der Waals surface area contributed by atoms with Crippen LogP contribution in [0.2, 0.25) is 0 Å². The summed E-state index contributed by atoms with van der Waals surface area (Å²) in [4.78, 5) is 0. The van der Waals surface area contributed by atoms with Crippen LogP contribution in [0.1, 0.15) is 20.3 Å². The molecule has 0 aromatic heterocycles. The first-order chi connectivity index (χ1) is 6.74. The van der Waals surface area contributed by atoms with E-state index in [-0.39, 0.29) is 6.04 Å². The van der Waals surface area contributed by atoms with Crippen LogP contribution < -0.4 is 15.3 Å². The average molecular weight is 194 g/mol. The fourth-order valence-electron chi connectivity index (χ4n) is 0.809. The molecule has 2 N–H and O–H groups in total. The Labute approximate surface area is 86.3 Å². The Bertz CT molecular complexity index is 247. The lowest BCUT2D eigenvalue weighted by Crippen LogP contribution is -2.27. The van der Waals surface area contributed by atoms with Gasteiger partial charge < -0.3 is 0 Å².